The van der Waals surface area contributed by atoms with Crippen molar-refractivity contribution in [2.45, 2.75) is 39.8 Å². The van der Waals surface area contributed by atoms with Gasteiger partial charge >= 0.3 is 0 Å². The molecule has 0 radical (unpaired) electrons. The highest BCUT2D eigenvalue weighted by Crippen LogP contribution is 2.23. The number of hydrogen-bond acceptors (Lipinski definition) is 4. The van der Waals surface area contributed by atoms with Crippen LogP contribution in [0.1, 0.15) is 29.5 Å². The van der Waals surface area contributed by atoms with E-state index in [0.29, 0.717) is 18.8 Å². The molecule has 108 valence electrons. The Morgan fingerprint density at radius 1 is 1.40 bits per heavy atom. The molecule has 5 heteroatoms. The van der Waals surface area contributed by atoms with E-state index >= 15 is 0 Å². The molecule has 4 nitrogen and oxygen atoms in total. The van der Waals surface area contributed by atoms with Crippen molar-refractivity contribution >= 4 is 0 Å². The average molecular weight is 278 g/mol. The summed E-state index contributed by atoms with van der Waals surface area (Å²) >= 11 is 0. The third-order valence-electron chi connectivity index (χ3n) is 3.12. The molecule has 0 fully saturated rings. The standard InChI is InChI=1S/C15H19FN2O2/c1-9(17)6-12-7-13(16)4-5-15(12)19-8-14-10(2)18-20-11(14)3/h4-5,7,9H,6,8,17H2,1-3H3. The maximum absolute atomic E-state index is 13.3. The van der Waals surface area contributed by atoms with Crippen LogP contribution in [0.4, 0.5) is 4.39 Å². The molecule has 1 unspecified atom stereocenters. The highest BCUT2D eigenvalue weighted by atomic mass is 19.1. The van der Waals surface area contributed by atoms with E-state index in [4.69, 9.17) is 15.0 Å². The quantitative estimate of drug-likeness (QED) is 0.913. The minimum Gasteiger partial charge on any atom is -0.488 e. The van der Waals surface area contributed by atoms with Crippen LogP contribution in [0.5, 0.6) is 5.75 Å². The van der Waals surface area contributed by atoms with Gasteiger partial charge in [-0.1, -0.05) is 5.16 Å². The third kappa shape index (κ3) is 3.36. The maximum Gasteiger partial charge on any atom is 0.140 e. The van der Waals surface area contributed by atoms with Crippen molar-refractivity contribution in [3.63, 3.8) is 0 Å². The molecular formula is C15H19FN2O2. The van der Waals surface area contributed by atoms with Crippen LogP contribution in [0.3, 0.4) is 0 Å². The molecule has 0 aliphatic rings. The summed E-state index contributed by atoms with van der Waals surface area (Å²) in [5.74, 6) is 1.09. The molecular weight excluding hydrogens is 259 g/mol. The lowest BCUT2D eigenvalue weighted by molar-refractivity contribution is 0.297. The van der Waals surface area contributed by atoms with Crippen molar-refractivity contribution in [3.05, 3.63) is 46.6 Å². The largest absolute Gasteiger partial charge is 0.488 e. The van der Waals surface area contributed by atoms with Gasteiger partial charge < -0.3 is 15.0 Å². The first kappa shape index (κ1) is 14.5. The second-order valence-corrected chi connectivity index (χ2v) is 5.02. The SMILES string of the molecule is Cc1noc(C)c1COc1ccc(F)cc1CC(C)N. The van der Waals surface area contributed by atoms with E-state index < -0.39 is 0 Å². The fraction of sp³-hybridized carbons (Fsp3) is 0.400. The van der Waals surface area contributed by atoms with Crippen molar-refractivity contribution < 1.29 is 13.7 Å². The number of aryl methyl sites for hydroxylation is 2. The normalized spacial score (nSPS) is 12.4. The molecule has 0 bridgehead atoms. The van der Waals surface area contributed by atoms with Crippen molar-refractivity contribution in [1.29, 1.82) is 0 Å². The van der Waals surface area contributed by atoms with E-state index in [9.17, 15) is 4.39 Å². The van der Waals surface area contributed by atoms with Gasteiger partial charge in [0, 0.05) is 6.04 Å². The first-order valence-electron chi connectivity index (χ1n) is 6.56. The first-order valence-corrected chi connectivity index (χ1v) is 6.56. The molecule has 0 spiro atoms. The van der Waals surface area contributed by atoms with Crippen LogP contribution in [0.15, 0.2) is 22.7 Å². The zero-order chi connectivity index (χ0) is 14.7. The van der Waals surface area contributed by atoms with Crippen molar-refractivity contribution in [3.8, 4) is 5.75 Å². The van der Waals surface area contributed by atoms with Gasteiger partial charge in [-0.15, -0.1) is 0 Å². The second-order valence-electron chi connectivity index (χ2n) is 5.02. The fourth-order valence-electron chi connectivity index (χ4n) is 2.05. The van der Waals surface area contributed by atoms with Crippen LogP contribution >= 0.6 is 0 Å². The summed E-state index contributed by atoms with van der Waals surface area (Å²) in [6.07, 6.45) is 0.564. The Labute approximate surface area is 117 Å². The molecule has 2 N–H and O–H groups in total. The van der Waals surface area contributed by atoms with Gasteiger partial charge in [-0.05, 0) is 51.0 Å². The minimum absolute atomic E-state index is 0.0572. The van der Waals surface area contributed by atoms with Gasteiger partial charge in [-0.2, -0.15) is 0 Å². The van der Waals surface area contributed by atoms with Crippen LogP contribution in [0.25, 0.3) is 0 Å². The summed E-state index contributed by atoms with van der Waals surface area (Å²) in [7, 11) is 0. The lowest BCUT2D eigenvalue weighted by Crippen LogP contribution is -2.18. The first-order chi connectivity index (χ1) is 9.47. The lowest BCUT2D eigenvalue weighted by Gasteiger charge is -2.13. The van der Waals surface area contributed by atoms with Gasteiger partial charge in [-0.3, -0.25) is 0 Å². The highest BCUT2D eigenvalue weighted by Gasteiger charge is 2.12. The van der Waals surface area contributed by atoms with Gasteiger partial charge in [0.2, 0.25) is 0 Å². The summed E-state index contributed by atoms with van der Waals surface area (Å²) < 4.78 is 24.2. The van der Waals surface area contributed by atoms with Gasteiger partial charge in [0.25, 0.3) is 0 Å². The van der Waals surface area contributed by atoms with Crippen LogP contribution in [0.2, 0.25) is 0 Å². The van der Waals surface area contributed by atoms with Crippen LogP contribution in [-0.4, -0.2) is 11.2 Å². The summed E-state index contributed by atoms with van der Waals surface area (Å²) in [5, 5.41) is 3.88. The predicted octanol–water partition coefficient (Wildman–Crippen LogP) is 2.90. The van der Waals surface area contributed by atoms with Gasteiger partial charge in [0.15, 0.2) is 0 Å². The molecule has 1 atom stereocenters. The molecule has 0 aliphatic carbocycles. The highest BCUT2D eigenvalue weighted by molar-refractivity contribution is 5.35. The van der Waals surface area contributed by atoms with Crippen LogP contribution in [-0.2, 0) is 13.0 Å². The number of nitrogens with two attached hydrogens (primary N) is 1. The number of hydrogen-bond donors (Lipinski definition) is 1. The van der Waals surface area contributed by atoms with Crippen LogP contribution in [0, 0.1) is 19.7 Å². The molecule has 2 aromatic rings. The van der Waals surface area contributed by atoms with Crippen LogP contribution < -0.4 is 10.5 Å². The third-order valence-corrected chi connectivity index (χ3v) is 3.12. The number of rotatable bonds is 5. The molecule has 1 heterocycles. The Kier molecular flexibility index (Phi) is 4.39. The number of ether oxygens (including phenoxy) is 1. The van der Waals surface area contributed by atoms with Gasteiger partial charge in [0.1, 0.15) is 23.9 Å². The number of nitrogens with zero attached hydrogens (tertiary/aromatic N) is 1. The molecule has 0 aliphatic heterocycles. The molecule has 2 rings (SSSR count). The molecule has 20 heavy (non-hydrogen) atoms. The van der Waals surface area contributed by atoms with Crippen molar-refractivity contribution in [1.82, 2.24) is 5.16 Å². The molecule has 0 amide bonds. The predicted molar refractivity (Wildman–Crippen MR) is 74.1 cm³/mol. The van der Waals surface area contributed by atoms with E-state index in [1.165, 1.54) is 12.1 Å². The topological polar surface area (TPSA) is 61.3 Å². The summed E-state index contributed by atoms with van der Waals surface area (Å²) in [6.45, 7) is 5.93. The van der Waals surface area contributed by atoms with E-state index in [-0.39, 0.29) is 11.9 Å². The monoisotopic (exact) mass is 278 g/mol. The zero-order valence-corrected chi connectivity index (χ0v) is 11.9. The Morgan fingerprint density at radius 3 is 2.75 bits per heavy atom. The second kappa shape index (κ2) is 6.05. The minimum atomic E-state index is -0.287. The molecule has 1 aromatic carbocycles. The summed E-state index contributed by atoms with van der Waals surface area (Å²) in [4.78, 5) is 0. The smallest absolute Gasteiger partial charge is 0.140 e. The van der Waals surface area contributed by atoms with E-state index in [2.05, 4.69) is 5.16 Å². The summed E-state index contributed by atoms with van der Waals surface area (Å²) in [6, 6.07) is 4.42. The Morgan fingerprint density at radius 2 is 2.15 bits per heavy atom. The molecule has 0 saturated carbocycles. The van der Waals surface area contributed by atoms with Crippen molar-refractivity contribution in [2.75, 3.05) is 0 Å². The van der Waals surface area contributed by atoms with E-state index in [0.717, 1.165) is 22.6 Å². The van der Waals surface area contributed by atoms with E-state index in [1.54, 1.807) is 6.07 Å². The Hall–Kier alpha value is -1.88. The van der Waals surface area contributed by atoms with Crippen molar-refractivity contribution in [2.24, 2.45) is 5.73 Å². The number of benzene rings is 1. The maximum atomic E-state index is 13.3. The Bertz CT molecular complexity index is 574. The lowest BCUT2D eigenvalue weighted by atomic mass is 10.1. The van der Waals surface area contributed by atoms with Gasteiger partial charge in [-0.25, -0.2) is 4.39 Å². The van der Waals surface area contributed by atoms with Gasteiger partial charge in [0.05, 0.1) is 11.3 Å². The Balaban J connectivity index is 2.17. The zero-order valence-electron chi connectivity index (χ0n) is 11.9. The molecule has 1 aromatic heterocycles. The van der Waals surface area contributed by atoms with E-state index in [1.807, 2.05) is 20.8 Å². The number of aromatic nitrogens is 1. The fourth-order valence-corrected chi connectivity index (χ4v) is 2.05. The average Bonchev–Trinajstić information content (AvgIpc) is 2.68. The molecule has 0 saturated heterocycles. The summed E-state index contributed by atoms with van der Waals surface area (Å²) in [5.41, 5.74) is 8.27. The number of halogens is 1.